The van der Waals surface area contributed by atoms with E-state index in [2.05, 4.69) is 39.8 Å². The molecule has 1 aliphatic carbocycles. The predicted octanol–water partition coefficient (Wildman–Crippen LogP) is 4.52. The maximum absolute atomic E-state index is 2.41. The minimum Gasteiger partial charge on any atom is -0.0703 e. The van der Waals surface area contributed by atoms with E-state index in [1.807, 2.05) is 0 Å². The number of hydrogen-bond acceptors (Lipinski definition) is 0. The van der Waals surface area contributed by atoms with Crippen LogP contribution in [0.2, 0.25) is 0 Å². The molecule has 1 fully saturated rings. The molecule has 0 aliphatic heterocycles. The second-order valence-corrected chi connectivity index (χ2v) is 5.12. The summed E-state index contributed by atoms with van der Waals surface area (Å²) in [4.78, 5) is 0. The van der Waals surface area contributed by atoms with E-state index in [-0.39, 0.29) is 0 Å². The molecule has 0 aromatic heterocycles. The maximum atomic E-state index is 2.41. The van der Waals surface area contributed by atoms with Crippen molar-refractivity contribution in [2.45, 2.75) is 53.4 Å². The largest absolute Gasteiger partial charge is 0.0703 e. The number of rotatable bonds is 3. The number of benzene rings is 1. The highest BCUT2D eigenvalue weighted by Crippen LogP contribution is 2.33. The normalized spacial score (nSPS) is 14.1. The van der Waals surface area contributed by atoms with Crippen molar-refractivity contribution in [3.63, 3.8) is 0 Å². The molecule has 1 aromatic rings. The zero-order valence-electron chi connectivity index (χ0n) is 11.0. The molecule has 0 N–H and O–H groups in total. The van der Waals surface area contributed by atoms with Gasteiger partial charge >= 0.3 is 0 Å². The van der Waals surface area contributed by atoms with Gasteiger partial charge in [0, 0.05) is 0 Å². The highest BCUT2D eigenvalue weighted by atomic mass is 14.2. The summed E-state index contributed by atoms with van der Waals surface area (Å²) in [7, 11) is 0. The molecule has 0 saturated heterocycles. The third-order valence-electron chi connectivity index (χ3n) is 3.73. The van der Waals surface area contributed by atoms with Crippen LogP contribution in [-0.4, -0.2) is 0 Å². The van der Waals surface area contributed by atoms with Crippen molar-refractivity contribution in [1.29, 1.82) is 0 Å². The van der Waals surface area contributed by atoms with Gasteiger partial charge in [0.15, 0.2) is 0 Å². The average Bonchev–Trinajstić information content (AvgIpc) is 3.05. The van der Waals surface area contributed by atoms with Crippen LogP contribution in [-0.2, 0) is 12.8 Å². The van der Waals surface area contributed by atoms with E-state index in [0.717, 1.165) is 12.8 Å². The van der Waals surface area contributed by atoms with E-state index in [1.54, 1.807) is 11.1 Å². The van der Waals surface area contributed by atoms with Gasteiger partial charge in [-0.1, -0.05) is 30.2 Å². The van der Waals surface area contributed by atoms with Crippen LogP contribution in [0.4, 0.5) is 0 Å². The van der Waals surface area contributed by atoms with Crippen molar-refractivity contribution in [3.8, 4) is 0 Å². The van der Waals surface area contributed by atoms with Crippen LogP contribution < -0.4 is 0 Å². The van der Waals surface area contributed by atoms with Crippen LogP contribution in [0.3, 0.4) is 0 Å². The zero-order chi connectivity index (χ0) is 11.7. The summed E-state index contributed by atoms with van der Waals surface area (Å²) in [5.41, 5.74) is 9.23. The third-order valence-corrected chi connectivity index (χ3v) is 3.73. The van der Waals surface area contributed by atoms with Gasteiger partial charge in [0.05, 0.1) is 0 Å². The average molecular weight is 214 g/mol. The van der Waals surface area contributed by atoms with Gasteiger partial charge in [-0.15, -0.1) is 0 Å². The van der Waals surface area contributed by atoms with Crippen LogP contribution in [0, 0.1) is 13.8 Å². The van der Waals surface area contributed by atoms with E-state index >= 15 is 0 Å². The van der Waals surface area contributed by atoms with Crippen molar-refractivity contribution in [1.82, 2.24) is 0 Å². The van der Waals surface area contributed by atoms with Crippen LogP contribution in [0.25, 0.3) is 0 Å². The lowest BCUT2D eigenvalue weighted by atomic mass is 9.94. The number of allylic oxidation sites excluding steroid dienone is 2. The fraction of sp³-hybridized carbons (Fsp3) is 0.500. The van der Waals surface area contributed by atoms with Crippen LogP contribution in [0.1, 0.15) is 48.9 Å². The Balaban J connectivity index is 2.29. The summed E-state index contributed by atoms with van der Waals surface area (Å²) in [6, 6.07) is 4.76. The molecule has 0 spiro atoms. The fourth-order valence-corrected chi connectivity index (χ4v) is 2.42. The van der Waals surface area contributed by atoms with Crippen LogP contribution in [0.15, 0.2) is 23.3 Å². The first kappa shape index (κ1) is 11.4. The van der Waals surface area contributed by atoms with Crippen molar-refractivity contribution in [3.05, 3.63) is 45.5 Å². The molecule has 0 unspecified atom stereocenters. The SMILES string of the molecule is CCc1cc(CC(C)=C2CC2)c(C)cc1C. The summed E-state index contributed by atoms with van der Waals surface area (Å²) in [5.74, 6) is 0. The second-order valence-electron chi connectivity index (χ2n) is 5.12. The minimum atomic E-state index is 1.15. The Bertz CT molecular complexity index is 430. The smallest absolute Gasteiger partial charge is 0.00645 e. The van der Waals surface area contributed by atoms with E-state index in [1.165, 1.54) is 35.1 Å². The molecule has 0 amide bonds. The molecule has 16 heavy (non-hydrogen) atoms. The van der Waals surface area contributed by atoms with E-state index < -0.39 is 0 Å². The third kappa shape index (κ3) is 2.37. The molecular formula is C16H22. The molecule has 0 radical (unpaired) electrons. The van der Waals surface area contributed by atoms with Crippen molar-refractivity contribution < 1.29 is 0 Å². The van der Waals surface area contributed by atoms with Crippen molar-refractivity contribution in [2.75, 3.05) is 0 Å². The molecule has 0 heteroatoms. The Morgan fingerprint density at radius 3 is 2.25 bits per heavy atom. The first-order chi connectivity index (χ1) is 7.61. The molecule has 0 nitrogen and oxygen atoms in total. The van der Waals surface area contributed by atoms with Gasteiger partial charge in [-0.2, -0.15) is 0 Å². The predicted molar refractivity (Wildman–Crippen MR) is 70.9 cm³/mol. The minimum absolute atomic E-state index is 1.15. The molecule has 1 saturated carbocycles. The highest BCUT2D eigenvalue weighted by Gasteiger charge is 2.15. The molecule has 86 valence electrons. The Morgan fingerprint density at radius 2 is 1.69 bits per heavy atom. The van der Waals surface area contributed by atoms with E-state index in [9.17, 15) is 0 Å². The summed E-state index contributed by atoms with van der Waals surface area (Å²) in [5, 5.41) is 0. The summed E-state index contributed by atoms with van der Waals surface area (Å²) >= 11 is 0. The maximum Gasteiger partial charge on any atom is -0.00645 e. The molecule has 1 aromatic carbocycles. The monoisotopic (exact) mass is 214 g/mol. The Hall–Kier alpha value is -1.04. The highest BCUT2D eigenvalue weighted by molar-refractivity contribution is 5.40. The molecule has 0 heterocycles. The van der Waals surface area contributed by atoms with Gasteiger partial charge in [-0.25, -0.2) is 0 Å². The van der Waals surface area contributed by atoms with E-state index in [0.29, 0.717) is 0 Å². The molecule has 1 aliphatic rings. The van der Waals surface area contributed by atoms with Crippen molar-refractivity contribution >= 4 is 0 Å². The lowest BCUT2D eigenvalue weighted by Gasteiger charge is -2.11. The quantitative estimate of drug-likeness (QED) is 0.649. The topological polar surface area (TPSA) is 0 Å². The van der Waals surface area contributed by atoms with Gasteiger partial charge in [-0.3, -0.25) is 0 Å². The Labute approximate surface area is 99.4 Å². The lowest BCUT2D eigenvalue weighted by molar-refractivity contribution is 1.05. The first-order valence-corrected chi connectivity index (χ1v) is 6.38. The summed E-state index contributed by atoms with van der Waals surface area (Å²) < 4.78 is 0. The lowest BCUT2D eigenvalue weighted by Crippen LogP contribution is -1.96. The Morgan fingerprint density at radius 1 is 1.06 bits per heavy atom. The van der Waals surface area contributed by atoms with Crippen LogP contribution >= 0.6 is 0 Å². The molecule has 0 atom stereocenters. The second kappa shape index (κ2) is 4.45. The summed E-state index contributed by atoms with van der Waals surface area (Å²) in [6.07, 6.45) is 5.00. The molecule has 2 rings (SSSR count). The zero-order valence-corrected chi connectivity index (χ0v) is 11.0. The van der Waals surface area contributed by atoms with Crippen molar-refractivity contribution in [2.24, 2.45) is 0 Å². The van der Waals surface area contributed by atoms with E-state index in [4.69, 9.17) is 0 Å². The van der Waals surface area contributed by atoms with Crippen LogP contribution in [0.5, 0.6) is 0 Å². The van der Waals surface area contributed by atoms with Gasteiger partial charge in [0.2, 0.25) is 0 Å². The van der Waals surface area contributed by atoms with Gasteiger partial charge in [0.25, 0.3) is 0 Å². The van der Waals surface area contributed by atoms with Gasteiger partial charge < -0.3 is 0 Å². The summed E-state index contributed by atoms with van der Waals surface area (Å²) in [6.45, 7) is 9.01. The standard InChI is InChI=1S/C16H22/c1-5-14-10-16(12(3)8-11(14)2)9-13(4)15-6-7-15/h8,10H,5-7,9H2,1-4H3. The van der Waals surface area contributed by atoms with Gasteiger partial charge in [-0.05, 0) is 68.7 Å². The number of aryl methyl sites for hydroxylation is 3. The van der Waals surface area contributed by atoms with Gasteiger partial charge in [0.1, 0.15) is 0 Å². The molecular weight excluding hydrogens is 192 g/mol. The number of hydrogen-bond donors (Lipinski definition) is 0. The molecule has 0 bridgehead atoms. The Kier molecular flexibility index (Phi) is 3.18. The first-order valence-electron chi connectivity index (χ1n) is 6.38. The fourth-order valence-electron chi connectivity index (χ4n) is 2.42.